The fourth-order valence-corrected chi connectivity index (χ4v) is 11.3. The summed E-state index contributed by atoms with van der Waals surface area (Å²) in [5, 5.41) is 2.54. The fraction of sp³-hybridized carbons (Fsp3) is 0.0204. The summed E-state index contributed by atoms with van der Waals surface area (Å²) in [4.78, 5) is 5.26. The van der Waals surface area contributed by atoms with Gasteiger partial charge in [-0.1, -0.05) is 169 Å². The number of fused-ring (bicyclic) bond motifs is 11. The van der Waals surface area contributed by atoms with Crippen LogP contribution in [0, 0.1) is 0 Å². The van der Waals surface area contributed by atoms with Crippen molar-refractivity contribution in [1.29, 1.82) is 0 Å². The highest BCUT2D eigenvalue weighted by Crippen LogP contribution is 2.63. The second kappa shape index (κ2) is 11.6. The highest BCUT2D eigenvalue weighted by atomic mass is 32.2. The lowest BCUT2D eigenvalue weighted by atomic mass is 9.64. The van der Waals surface area contributed by atoms with Gasteiger partial charge < -0.3 is 4.57 Å². The second-order valence-electron chi connectivity index (χ2n) is 13.6. The van der Waals surface area contributed by atoms with Crippen LogP contribution in [0.25, 0.3) is 49.7 Å². The molecule has 0 fully saturated rings. The van der Waals surface area contributed by atoms with Crippen LogP contribution in [0.1, 0.15) is 22.3 Å². The van der Waals surface area contributed by atoms with Gasteiger partial charge >= 0.3 is 0 Å². The maximum absolute atomic E-state index is 2.44. The van der Waals surface area contributed by atoms with E-state index in [1.54, 1.807) is 0 Å². The van der Waals surface area contributed by atoms with Gasteiger partial charge in [0, 0.05) is 36.0 Å². The summed E-state index contributed by atoms with van der Waals surface area (Å²) >= 11 is 3.82. The summed E-state index contributed by atoms with van der Waals surface area (Å²) in [6.45, 7) is 0. The molecule has 0 saturated heterocycles. The first-order chi connectivity index (χ1) is 25.8. The van der Waals surface area contributed by atoms with E-state index in [0.29, 0.717) is 0 Å². The van der Waals surface area contributed by atoms with E-state index in [1.165, 1.54) is 91.6 Å². The Hall–Kier alpha value is -5.74. The van der Waals surface area contributed by atoms with Crippen LogP contribution in [-0.2, 0) is 5.41 Å². The van der Waals surface area contributed by atoms with Crippen molar-refractivity contribution in [3.8, 4) is 27.9 Å². The zero-order chi connectivity index (χ0) is 34.2. The molecule has 0 bridgehead atoms. The molecule has 0 saturated carbocycles. The van der Waals surface area contributed by atoms with Gasteiger partial charge in [-0.15, -0.1) is 0 Å². The molecule has 8 aromatic carbocycles. The Morgan fingerprint density at radius 3 is 1.77 bits per heavy atom. The minimum Gasteiger partial charge on any atom is -0.309 e. The average molecular weight is 698 g/mol. The van der Waals surface area contributed by atoms with E-state index in [4.69, 9.17) is 0 Å². The third-order valence-corrected chi connectivity index (χ3v) is 13.3. The molecular weight excluding hydrogens is 667 g/mol. The van der Waals surface area contributed by atoms with Crippen LogP contribution >= 0.6 is 23.5 Å². The van der Waals surface area contributed by atoms with Crippen LogP contribution in [0.4, 0.5) is 0 Å². The van der Waals surface area contributed by atoms with Gasteiger partial charge in [0.1, 0.15) is 0 Å². The Labute approximate surface area is 311 Å². The quantitative estimate of drug-likeness (QED) is 0.181. The highest BCUT2D eigenvalue weighted by Gasteiger charge is 2.49. The molecule has 1 aromatic heterocycles. The molecule has 0 N–H and O–H groups in total. The first kappa shape index (κ1) is 29.9. The molecular formula is C49H31NS2. The average Bonchev–Trinajstić information content (AvgIpc) is 3.55. The summed E-state index contributed by atoms with van der Waals surface area (Å²) < 4.78 is 2.41. The number of benzene rings is 8. The summed E-state index contributed by atoms with van der Waals surface area (Å²) in [7, 11) is 0. The lowest BCUT2D eigenvalue weighted by molar-refractivity contribution is 0.668. The molecule has 0 aliphatic carbocycles. The third kappa shape index (κ3) is 4.27. The van der Waals surface area contributed by atoms with Gasteiger partial charge in [0.05, 0.1) is 16.4 Å². The zero-order valence-corrected chi connectivity index (χ0v) is 29.8. The minimum absolute atomic E-state index is 0.457. The molecule has 0 radical (unpaired) electrons. The number of rotatable bonds is 3. The molecule has 11 rings (SSSR count). The van der Waals surface area contributed by atoms with Gasteiger partial charge in [-0.05, 0) is 87.0 Å². The Kier molecular flexibility index (Phi) is 6.70. The Morgan fingerprint density at radius 2 is 0.962 bits per heavy atom. The topological polar surface area (TPSA) is 4.93 Å². The Morgan fingerprint density at radius 1 is 0.365 bits per heavy atom. The fourth-order valence-electron chi connectivity index (χ4n) is 8.72. The van der Waals surface area contributed by atoms with Crippen molar-refractivity contribution in [3.63, 3.8) is 0 Å². The first-order valence-electron chi connectivity index (χ1n) is 17.8. The van der Waals surface area contributed by atoms with Gasteiger partial charge in [-0.3, -0.25) is 0 Å². The summed E-state index contributed by atoms with van der Waals surface area (Å²) in [5.41, 5.74) is 13.6. The normalized spacial score (nSPS) is 15.6. The molecule has 2 aliphatic heterocycles. The smallest absolute Gasteiger partial charge is 0.0745 e. The van der Waals surface area contributed by atoms with Crippen molar-refractivity contribution < 1.29 is 0 Å². The van der Waals surface area contributed by atoms with Crippen LogP contribution in [0.5, 0.6) is 0 Å². The van der Waals surface area contributed by atoms with E-state index in [-0.39, 0.29) is 0 Å². The standard InChI is InChI=1S/C49H31NS2/c1-3-14-32(15-4-1)36-19-13-22-42-48(36)52-46-25-12-9-21-40(46)49(42)39-20-8-11-24-45(39)51-47-31-34(27-29-41(47)49)33-26-28-38-37-18-7-10-23-43(37)50(44(38)30-33)35-16-5-2-6-17-35/h1-31H. The van der Waals surface area contributed by atoms with Crippen molar-refractivity contribution in [2.75, 3.05) is 0 Å². The molecule has 1 spiro atoms. The lowest BCUT2D eigenvalue weighted by Gasteiger charge is -2.46. The van der Waals surface area contributed by atoms with Crippen molar-refractivity contribution >= 4 is 45.3 Å². The summed E-state index contributed by atoms with van der Waals surface area (Å²) in [6, 6.07) is 69.7. The third-order valence-electron chi connectivity index (χ3n) is 10.9. The predicted octanol–water partition coefficient (Wildman–Crippen LogP) is 13.4. The first-order valence-corrected chi connectivity index (χ1v) is 19.4. The summed E-state index contributed by atoms with van der Waals surface area (Å²) in [6.07, 6.45) is 0. The van der Waals surface area contributed by atoms with Crippen molar-refractivity contribution in [2.45, 2.75) is 25.0 Å². The van der Waals surface area contributed by atoms with Crippen LogP contribution < -0.4 is 0 Å². The van der Waals surface area contributed by atoms with Crippen LogP contribution in [-0.4, -0.2) is 4.57 Å². The van der Waals surface area contributed by atoms with Gasteiger partial charge in [-0.2, -0.15) is 0 Å². The molecule has 0 amide bonds. The van der Waals surface area contributed by atoms with Crippen LogP contribution in [0.3, 0.4) is 0 Å². The molecule has 9 aromatic rings. The molecule has 1 unspecified atom stereocenters. The lowest BCUT2D eigenvalue weighted by Crippen LogP contribution is -2.36. The van der Waals surface area contributed by atoms with Crippen LogP contribution in [0.15, 0.2) is 208 Å². The van der Waals surface area contributed by atoms with E-state index < -0.39 is 5.41 Å². The largest absolute Gasteiger partial charge is 0.309 e. The number of hydrogen-bond donors (Lipinski definition) is 0. The SMILES string of the molecule is c1ccc(-c2cccc3c2Sc2ccccc2C32c3ccccc3Sc3cc(-c4ccc5c6ccccc6n(-c6ccccc6)c5c4)ccc32)cc1. The monoisotopic (exact) mass is 697 g/mol. The van der Waals surface area contributed by atoms with Crippen molar-refractivity contribution in [2.24, 2.45) is 0 Å². The van der Waals surface area contributed by atoms with E-state index in [0.717, 1.165) is 0 Å². The number of aromatic nitrogens is 1. The Balaban J connectivity index is 1.16. The molecule has 3 heteroatoms. The van der Waals surface area contributed by atoms with E-state index in [2.05, 4.69) is 193 Å². The number of hydrogen-bond acceptors (Lipinski definition) is 2. The van der Waals surface area contributed by atoms with Crippen LogP contribution in [0.2, 0.25) is 0 Å². The summed E-state index contributed by atoms with van der Waals surface area (Å²) in [5.74, 6) is 0. The van der Waals surface area contributed by atoms with Gasteiger partial charge in [0.2, 0.25) is 0 Å². The number of para-hydroxylation sites is 2. The van der Waals surface area contributed by atoms with Crippen molar-refractivity contribution in [1.82, 2.24) is 4.57 Å². The molecule has 1 nitrogen and oxygen atoms in total. The maximum atomic E-state index is 2.44. The second-order valence-corrected chi connectivity index (χ2v) is 15.8. The molecule has 3 heterocycles. The van der Waals surface area contributed by atoms with E-state index >= 15 is 0 Å². The predicted molar refractivity (Wildman–Crippen MR) is 218 cm³/mol. The van der Waals surface area contributed by atoms with Gasteiger partial charge in [0.25, 0.3) is 0 Å². The van der Waals surface area contributed by atoms with Crippen molar-refractivity contribution in [3.05, 3.63) is 210 Å². The highest BCUT2D eigenvalue weighted by molar-refractivity contribution is 8.00. The molecule has 52 heavy (non-hydrogen) atoms. The number of nitrogens with zero attached hydrogens (tertiary/aromatic N) is 1. The molecule has 2 aliphatic rings. The molecule has 1 atom stereocenters. The Bertz CT molecular complexity index is 2840. The zero-order valence-electron chi connectivity index (χ0n) is 28.2. The molecule has 244 valence electrons. The minimum atomic E-state index is -0.457. The van der Waals surface area contributed by atoms with E-state index in [9.17, 15) is 0 Å². The maximum Gasteiger partial charge on any atom is 0.0745 e. The van der Waals surface area contributed by atoms with Gasteiger partial charge in [0.15, 0.2) is 0 Å². The van der Waals surface area contributed by atoms with E-state index in [1.807, 2.05) is 23.5 Å². The van der Waals surface area contributed by atoms with Gasteiger partial charge in [-0.25, -0.2) is 0 Å².